The number of para-hydroxylation sites is 1. The molecule has 0 N–H and O–H groups in total. The molecule has 0 saturated heterocycles. The highest BCUT2D eigenvalue weighted by Gasteiger charge is 2.13. The van der Waals surface area contributed by atoms with Crippen molar-refractivity contribution in [3.8, 4) is 5.69 Å². The molecule has 2 aromatic carbocycles. The summed E-state index contributed by atoms with van der Waals surface area (Å²) in [5, 5.41) is 1.29. The van der Waals surface area contributed by atoms with Crippen LogP contribution >= 0.6 is 23.4 Å². The minimum absolute atomic E-state index is 0.0516. The van der Waals surface area contributed by atoms with Gasteiger partial charge in [0.15, 0.2) is 5.16 Å². The third-order valence-electron chi connectivity index (χ3n) is 4.48. The first-order valence-electron chi connectivity index (χ1n) is 8.65. The molecule has 134 valence electrons. The number of benzene rings is 2. The van der Waals surface area contributed by atoms with Gasteiger partial charge in [0.25, 0.3) is 5.56 Å². The van der Waals surface area contributed by atoms with E-state index in [1.54, 1.807) is 4.57 Å². The number of thioether (sulfide) groups is 1. The van der Waals surface area contributed by atoms with E-state index >= 15 is 0 Å². The number of hydrogen-bond acceptors (Lipinski definition) is 3. The van der Waals surface area contributed by atoms with Crippen LogP contribution in [0.5, 0.6) is 0 Å². The van der Waals surface area contributed by atoms with E-state index in [1.807, 2.05) is 42.5 Å². The van der Waals surface area contributed by atoms with Gasteiger partial charge in [0.1, 0.15) is 0 Å². The quantitative estimate of drug-likeness (QED) is 0.401. The summed E-state index contributed by atoms with van der Waals surface area (Å²) in [6.07, 6.45) is 2.92. The van der Waals surface area contributed by atoms with Crippen LogP contribution in [0.25, 0.3) is 16.6 Å². The van der Waals surface area contributed by atoms with Gasteiger partial charge in [-0.15, -0.1) is 0 Å². The van der Waals surface area contributed by atoms with E-state index in [0.717, 1.165) is 12.1 Å². The minimum atomic E-state index is -0.0516. The molecular formula is C21H21ClN2OS. The topological polar surface area (TPSA) is 34.9 Å². The summed E-state index contributed by atoms with van der Waals surface area (Å²) < 4.78 is 1.69. The summed E-state index contributed by atoms with van der Waals surface area (Å²) in [6, 6.07) is 15.6. The molecule has 1 atom stereocenters. The summed E-state index contributed by atoms with van der Waals surface area (Å²) in [7, 11) is 0. The van der Waals surface area contributed by atoms with Crippen molar-refractivity contribution in [2.45, 2.75) is 31.3 Å². The fourth-order valence-corrected chi connectivity index (χ4v) is 3.80. The SMILES string of the molecule is CCC(C)c1ccc(-n2c(SCC=CCl)nc3ccccc3c2=O)cc1. The van der Waals surface area contributed by atoms with Crippen LogP contribution in [0, 0.1) is 0 Å². The van der Waals surface area contributed by atoms with Crippen molar-refractivity contribution in [3.63, 3.8) is 0 Å². The van der Waals surface area contributed by atoms with Gasteiger partial charge < -0.3 is 0 Å². The van der Waals surface area contributed by atoms with Crippen LogP contribution in [0.2, 0.25) is 0 Å². The average molecular weight is 385 g/mol. The molecule has 3 aromatic rings. The average Bonchev–Trinajstić information content (AvgIpc) is 2.68. The number of rotatable bonds is 6. The minimum Gasteiger partial charge on any atom is -0.268 e. The maximum Gasteiger partial charge on any atom is 0.266 e. The third kappa shape index (κ3) is 3.87. The second kappa shape index (κ2) is 8.56. The first kappa shape index (κ1) is 18.7. The van der Waals surface area contributed by atoms with E-state index in [1.165, 1.54) is 22.9 Å². The molecule has 0 radical (unpaired) electrons. The molecule has 0 spiro atoms. The number of aromatic nitrogens is 2. The lowest BCUT2D eigenvalue weighted by molar-refractivity contribution is 0.732. The van der Waals surface area contributed by atoms with Crippen LogP contribution in [0.15, 0.2) is 70.1 Å². The molecule has 5 heteroatoms. The van der Waals surface area contributed by atoms with Crippen LogP contribution in [0.4, 0.5) is 0 Å². The largest absolute Gasteiger partial charge is 0.268 e. The molecule has 0 bridgehead atoms. The Hall–Kier alpha value is -2.04. The molecule has 1 unspecified atom stereocenters. The first-order valence-corrected chi connectivity index (χ1v) is 10.1. The maximum absolute atomic E-state index is 13.1. The van der Waals surface area contributed by atoms with Crippen LogP contribution in [0.1, 0.15) is 31.7 Å². The number of hydrogen-bond donors (Lipinski definition) is 0. The molecule has 0 fully saturated rings. The van der Waals surface area contributed by atoms with E-state index in [-0.39, 0.29) is 5.56 Å². The second-order valence-corrected chi connectivity index (χ2v) is 7.36. The summed E-state index contributed by atoms with van der Waals surface area (Å²) in [5.74, 6) is 1.15. The highest BCUT2D eigenvalue weighted by molar-refractivity contribution is 7.99. The van der Waals surface area contributed by atoms with Gasteiger partial charge in [-0.1, -0.05) is 67.6 Å². The Morgan fingerprint density at radius 2 is 1.92 bits per heavy atom. The van der Waals surface area contributed by atoms with E-state index in [9.17, 15) is 4.79 Å². The van der Waals surface area contributed by atoms with Gasteiger partial charge in [-0.3, -0.25) is 9.36 Å². The van der Waals surface area contributed by atoms with Crippen LogP contribution in [-0.4, -0.2) is 15.3 Å². The van der Waals surface area contributed by atoms with Crippen molar-refractivity contribution in [2.24, 2.45) is 0 Å². The Kier molecular flexibility index (Phi) is 6.17. The van der Waals surface area contributed by atoms with Crippen LogP contribution in [0.3, 0.4) is 0 Å². The monoisotopic (exact) mass is 384 g/mol. The van der Waals surface area contributed by atoms with Gasteiger partial charge >= 0.3 is 0 Å². The van der Waals surface area contributed by atoms with E-state index in [4.69, 9.17) is 16.6 Å². The molecule has 0 aliphatic carbocycles. The molecular weight excluding hydrogens is 364 g/mol. The van der Waals surface area contributed by atoms with Crippen molar-refractivity contribution < 1.29 is 0 Å². The fraction of sp³-hybridized carbons (Fsp3) is 0.238. The van der Waals surface area contributed by atoms with Gasteiger partial charge in [-0.2, -0.15) is 0 Å². The van der Waals surface area contributed by atoms with E-state index in [2.05, 4.69) is 26.0 Å². The number of fused-ring (bicyclic) bond motifs is 1. The van der Waals surface area contributed by atoms with Gasteiger partial charge in [0.2, 0.25) is 0 Å². The Bertz CT molecular complexity index is 979. The van der Waals surface area contributed by atoms with Crippen LogP contribution < -0.4 is 5.56 Å². The summed E-state index contributed by atoms with van der Waals surface area (Å²) in [5.41, 5.74) is 4.25. The molecule has 0 aliphatic rings. The smallest absolute Gasteiger partial charge is 0.266 e. The number of nitrogens with zero attached hydrogens (tertiary/aromatic N) is 2. The van der Waals surface area contributed by atoms with Crippen molar-refractivity contribution in [2.75, 3.05) is 5.75 Å². The first-order chi connectivity index (χ1) is 12.7. The Morgan fingerprint density at radius 3 is 2.62 bits per heavy atom. The molecule has 3 nitrogen and oxygen atoms in total. The highest BCUT2D eigenvalue weighted by atomic mass is 35.5. The lowest BCUT2D eigenvalue weighted by atomic mass is 9.98. The molecule has 0 saturated carbocycles. The summed E-state index contributed by atoms with van der Waals surface area (Å²) in [6.45, 7) is 4.38. The molecule has 0 aliphatic heterocycles. The second-order valence-electron chi connectivity index (χ2n) is 6.13. The van der Waals surface area contributed by atoms with Crippen molar-refractivity contribution in [1.82, 2.24) is 9.55 Å². The van der Waals surface area contributed by atoms with Gasteiger partial charge in [0.05, 0.1) is 16.6 Å². The zero-order valence-corrected chi connectivity index (χ0v) is 16.4. The van der Waals surface area contributed by atoms with Gasteiger partial charge in [-0.25, -0.2) is 4.98 Å². The fourth-order valence-electron chi connectivity index (χ4n) is 2.78. The standard InChI is InChI=1S/C21H21ClN2OS/c1-3-15(2)16-9-11-17(12-10-16)24-20(25)18-7-4-5-8-19(18)23-21(24)26-14-6-13-22/h4-13,15H,3,14H2,1-2H3. The Labute approximate surface area is 162 Å². The van der Waals surface area contributed by atoms with Crippen LogP contribution in [-0.2, 0) is 0 Å². The summed E-state index contributed by atoms with van der Waals surface area (Å²) >= 11 is 7.12. The van der Waals surface area contributed by atoms with Gasteiger partial charge in [0, 0.05) is 11.3 Å². The van der Waals surface area contributed by atoms with Gasteiger partial charge in [-0.05, 0) is 42.2 Å². The lowest BCUT2D eigenvalue weighted by Gasteiger charge is -2.14. The predicted molar refractivity (Wildman–Crippen MR) is 112 cm³/mol. The Balaban J connectivity index is 2.14. The van der Waals surface area contributed by atoms with E-state index in [0.29, 0.717) is 27.7 Å². The third-order valence-corrected chi connectivity index (χ3v) is 5.54. The zero-order valence-electron chi connectivity index (χ0n) is 14.9. The highest BCUT2D eigenvalue weighted by Crippen LogP contribution is 2.24. The molecule has 1 heterocycles. The maximum atomic E-state index is 13.1. The molecule has 26 heavy (non-hydrogen) atoms. The lowest BCUT2D eigenvalue weighted by Crippen LogP contribution is -2.21. The van der Waals surface area contributed by atoms with Crippen molar-refractivity contribution in [3.05, 3.63) is 76.1 Å². The summed E-state index contributed by atoms with van der Waals surface area (Å²) in [4.78, 5) is 17.8. The van der Waals surface area contributed by atoms with Crippen molar-refractivity contribution in [1.29, 1.82) is 0 Å². The predicted octanol–water partition coefficient (Wildman–Crippen LogP) is 5.74. The Morgan fingerprint density at radius 1 is 1.19 bits per heavy atom. The number of halogens is 1. The zero-order chi connectivity index (χ0) is 18.5. The molecule has 0 amide bonds. The van der Waals surface area contributed by atoms with E-state index < -0.39 is 0 Å². The van der Waals surface area contributed by atoms with Crippen molar-refractivity contribution >= 4 is 34.3 Å². The molecule has 1 aromatic heterocycles. The normalized spacial score (nSPS) is 12.7. The molecule has 3 rings (SSSR count).